The zero-order valence-electron chi connectivity index (χ0n) is 15.8. The molecule has 1 heterocycles. The van der Waals surface area contributed by atoms with Crippen molar-refractivity contribution in [3.63, 3.8) is 0 Å². The molecule has 5 nitrogen and oxygen atoms in total. The van der Waals surface area contributed by atoms with Crippen molar-refractivity contribution in [1.29, 1.82) is 5.26 Å². The zero-order valence-corrected chi connectivity index (χ0v) is 15.8. The summed E-state index contributed by atoms with van der Waals surface area (Å²) in [5.74, 6) is 0.844. The highest BCUT2D eigenvalue weighted by molar-refractivity contribution is 5.79. The van der Waals surface area contributed by atoms with Gasteiger partial charge in [-0.2, -0.15) is 5.26 Å². The van der Waals surface area contributed by atoms with Crippen molar-refractivity contribution in [3.8, 4) is 6.07 Å². The molecule has 0 amide bonds. The van der Waals surface area contributed by atoms with Gasteiger partial charge >= 0.3 is 0 Å². The molecular weight excluding hydrogens is 310 g/mol. The van der Waals surface area contributed by atoms with Gasteiger partial charge in [0, 0.05) is 18.6 Å². The predicted octanol–water partition coefficient (Wildman–Crippen LogP) is 2.88. The number of piperidine rings is 1. The van der Waals surface area contributed by atoms with Gasteiger partial charge in [-0.15, -0.1) is 0 Å². The first-order valence-corrected chi connectivity index (χ1v) is 9.31. The third-order valence-electron chi connectivity index (χ3n) is 4.75. The van der Waals surface area contributed by atoms with Crippen LogP contribution >= 0.6 is 0 Å². The summed E-state index contributed by atoms with van der Waals surface area (Å²) in [6.45, 7) is 11.4. The Hall–Kier alpha value is -2.06. The molecule has 0 saturated carbocycles. The highest BCUT2D eigenvalue weighted by atomic mass is 15.2. The van der Waals surface area contributed by atoms with Crippen LogP contribution in [0.15, 0.2) is 29.3 Å². The minimum Gasteiger partial charge on any atom is -0.357 e. The highest BCUT2D eigenvalue weighted by Crippen LogP contribution is 2.19. The second-order valence-electron chi connectivity index (χ2n) is 7.22. The molecule has 0 aliphatic carbocycles. The third-order valence-corrected chi connectivity index (χ3v) is 4.75. The smallest absolute Gasteiger partial charge is 0.191 e. The maximum absolute atomic E-state index is 8.87. The molecule has 5 heteroatoms. The van der Waals surface area contributed by atoms with Crippen LogP contribution in [0, 0.1) is 11.3 Å². The minimum absolute atomic E-state index is 0.116. The molecule has 0 bridgehead atoms. The molecule has 1 aromatic carbocycles. The monoisotopic (exact) mass is 341 g/mol. The van der Waals surface area contributed by atoms with E-state index in [2.05, 4.69) is 47.4 Å². The van der Waals surface area contributed by atoms with Crippen molar-refractivity contribution in [2.75, 3.05) is 26.2 Å². The van der Waals surface area contributed by atoms with Crippen LogP contribution < -0.4 is 10.6 Å². The van der Waals surface area contributed by atoms with E-state index >= 15 is 0 Å². The summed E-state index contributed by atoms with van der Waals surface area (Å²) in [5.41, 5.74) is 1.90. The lowest BCUT2D eigenvalue weighted by Crippen LogP contribution is -2.54. The minimum atomic E-state index is 0.116. The molecule has 1 saturated heterocycles. The number of nitriles is 1. The number of aliphatic imine (C=N–C) groups is 1. The van der Waals surface area contributed by atoms with Crippen LogP contribution in [0.25, 0.3) is 0 Å². The van der Waals surface area contributed by atoms with Gasteiger partial charge in [0.2, 0.25) is 0 Å². The lowest BCUT2D eigenvalue weighted by Gasteiger charge is -2.41. The van der Waals surface area contributed by atoms with E-state index in [4.69, 9.17) is 5.26 Å². The van der Waals surface area contributed by atoms with Gasteiger partial charge in [-0.1, -0.05) is 18.6 Å². The molecule has 136 valence electrons. The molecule has 0 unspecified atom stereocenters. The van der Waals surface area contributed by atoms with E-state index in [-0.39, 0.29) is 5.54 Å². The number of likely N-dealkylation sites (tertiary alicyclic amines) is 1. The molecule has 1 aliphatic rings. The van der Waals surface area contributed by atoms with Gasteiger partial charge in [0.25, 0.3) is 0 Å². The Labute approximate surface area is 152 Å². The maximum Gasteiger partial charge on any atom is 0.191 e. The molecule has 1 fully saturated rings. The number of nitrogens with one attached hydrogen (secondary N) is 2. The molecule has 2 N–H and O–H groups in total. The predicted molar refractivity (Wildman–Crippen MR) is 103 cm³/mol. The third kappa shape index (κ3) is 6.06. The summed E-state index contributed by atoms with van der Waals surface area (Å²) in [5, 5.41) is 15.7. The number of benzene rings is 1. The molecule has 0 atom stereocenters. The van der Waals surface area contributed by atoms with Crippen LogP contribution in [0.4, 0.5) is 0 Å². The molecule has 0 radical (unpaired) electrons. The van der Waals surface area contributed by atoms with Crippen molar-refractivity contribution in [2.24, 2.45) is 4.99 Å². The van der Waals surface area contributed by atoms with E-state index in [0.717, 1.165) is 24.6 Å². The first-order valence-electron chi connectivity index (χ1n) is 9.31. The van der Waals surface area contributed by atoms with E-state index in [1.807, 2.05) is 24.3 Å². The summed E-state index contributed by atoms with van der Waals surface area (Å²) in [6.07, 6.45) is 3.96. The Morgan fingerprint density at radius 2 is 1.84 bits per heavy atom. The average molecular weight is 342 g/mol. The topological polar surface area (TPSA) is 63.5 Å². The number of hydrogen-bond donors (Lipinski definition) is 2. The van der Waals surface area contributed by atoms with Crippen LogP contribution in [0.1, 0.15) is 51.2 Å². The van der Waals surface area contributed by atoms with Crippen molar-refractivity contribution in [2.45, 2.75) is 52.1 Å². The number of guanidine groups is 1. The van der Waals surface area contributed by atoms with Gasteiger partial charge in [0.15, 0.2) is 5.96 Å². The van der Waals surface area contributed by atoms with Gasteiger partial charge < -0.3 is 10.6 Å². The molecule has 1 aromatic rings. The molecule has 1 aliphatic heterocycles. The standard InChI is InChI=1S/C20H31N5/c1-4-22-19(23-15-18-10-8-17(14-21)9-11-18)24-16-20(2,3)25-12-6-5-7-13-25/h8-11H,4-7,12-13,15-16H2,1-3H3,(H2,22,23,24). The Kier molecular flexibility index (Phi) is 7.27. The summed E-state index contributed by atoms with van der Waals surface area (Å²) >= 11 is 0. The van der Waals surface area contributed by atoms with Crippen molar-refractivity contribution in [3.05, 3.63) is 35.4 Å². The van der Waals surface area contributed by atoms with E-state index in [9.17, 15) is 0 Å². The Morgan fingerprint density at radius 1 is 1.16 bits per heavy atom. The van der Waals surface area contributed by atoms with Gasteiger partial charge in [-0.25, -0.2) is 4.99 Å². The number of rotatable bonds is 6. The van der Waals surface area contributed by atoms with E-state index in [1.54, 1.807) is 0 Å². The Morgan fingerprint density at radius 3 is 2.44 bits per heavy atom. The summed E-state index contributed by atoms with van der Waals surface area (Å²) in [4.78, 5) is 7.26. The maximum atomic E-state index is 8.87. The summed E-state index contributed by atoms with van der Waals surface area (Å²) < 4.78 is 0. The zero-order chi connectivity index (χ0) is 18.1. The number of hydrogen-bond acceptors (Lipinski definition) is 3. The van der Waals surface area contributed by atoms with Gasteiger partial charge in [-0.3, -0.25) is 4.90 Å². The van der Waals surface area contributed by atoms with Crippen LogP contribution in [-0.2, 0) is 6.54 Å². The van der Waals surface area contributed by atoms with Crippen molar-refractivity contribution >= 4 is 5.96 Å². The largest absolute Gasteiger partial charge is 0.357 e. The fourth-order valence-corrected chi connectivity index (χ4v) is 3.11. The average Bonchev–Trinajstić information content (AvgIpc) is 2.65. The number of nitrogens with zero attached hydrogens (tertiary/aromatic N) is 3. The molecular formula is C20H31N5. The summed E-state index contributed by atoms with van der Waals surface area (Å²) in [7, 11) is 0. The van der Waals surface area contributed by atoms with Crippen LogP contribution in [0.5, 0.6) is 0 Å². The lowest BCUT2D eigenvalue weighted by molar-refractivity contribution is 0.0982. The van der Waals surface area contributed by atoms with Gasteiger partial charge in [0.1, 0.15) is 0 Å². The van der Waals surface area contributed by atoms with Crippen molar-refractivity contribution < 1.29 is 0 Å². The van der Waals surface area contributed by atoms with E-state index in [1.165, 1.54) is 32.4 Å². The van der Waals surface area contributed by atoms with Crippen LogP contribution in [0.2, 0.25) is 0 Å². The SMILES string of the molecule is CCNC(=NCc1ccc(C#N)cc1)NCC(C)(C)N1CCCCC1. The van der Waals surface area contributed by atoms with E-state index in [0.29, 0.717) is 12.1 Å². The van der Waals surface area contributed by atoms with Gasteiger partial charge in [-0.05, 0) is 64.4 Å². The quantitative estimate of drug-likeness (QED) is 0.617. The van der Waals surface area contributed by atoms with Crippen molar-refractivity contribution in [1.82, 2.24) is 15.5 Å². The second-order valence-corrected chi connectivity index (χ2v) is 7.22. The normalized spacial score (nSPS) is 16.3. The first kappa shape index (κ1) is 19.3. The first-order chi connectivity index (χ1) is 12.0. The van der Waals surface area contributed by atoms with E-state index < -0.39 is 0 Å². The summed E-state index contributed by atoms with van der Waals surface area (Å²) in [6, 6.07) is 9.74. The fraction of sp³-hybridized carbons (Fsp3) is 0.600. The Balaban J connectivity index is 1.93. The van der Waals surface area contributed by atoms with Gasteiger partial charge in [0.05, 0.1) is 18.2 Å². The highest BCUT2D eigenvalue weighted by Gasteiger charge is 2.27. The molecule has 25 heavy (non-hydrogen) atoms. The second kappa shape index (κ2) is 9.43. The molecule has 0 spiro atoms. The fourth-order valence-electron chi connectivity index (χ4n) is 3.11. The molecule has 0 aromatic heterocycles. The lowest BCUT2D eigenvalue weighted by atomic mass is 9.98. The van der Waals surface area contributed by atoms with Crippen LogP contribution in [-0.4, -0.2) is 42.6 Å². The Bertz CT molecular complexity index is 592. The molecule has 2 rings (SSSR count). The van der Waals surface area contributed by atoms with Crippen LogP contribution in [0.3, 0.4) is 0 Å².